The highest BCUT2D eigenvalue weighted by Gasteiger charge is 2.13. The maximum atomic E-state index is 5.53. The summed E-state index contributed by atoms with van der Waals surface area (Å²) in [5.41, 5.74) is 5.95. The highest BCUT2D eigenvalue weighted by atomic mass is 15.1. The molecule has 0 aromatic heterocycles. The molecule has 2 nitrogen and oxygen atoms in total. The average molecular weight is 214 g/mol. The number of nitrogens with zero attached hydrogens (tertiary/aromatic N) is 1. The minimum Gasteiger partial charge on any atom is -0.330 e. The predicted molar refractivity (Wildman–Crippen MR) is 69.0 cm³/mol. The van der Waals surface area contributed by atoms with E-state index in [4.69, 9.17) is 5.73 Å². The molecule has 2 N–H and O–H groups in total. The van der Waals surface area contributed by atoms with Gasteiger partial charge in [0.25, 0.3) is 0 Å². The summed E-state index contributed by atoms with van der Waals surface area (Å²) in [6.07, 6.45) is 3.78. The van der Waals surface area contributed by atoms with Crippen LogP contribution in [0.5, 0.6) is 0 Å². The topological polar surface area (TPSA) is 29.3 Å². The summed E-state index contributed by atoms with van der Waals surface area (Å²) in [6.45, 7) is 12.4. The predicted octanol–water partition coefficient (Wildman–Crippen LogP) is 2.73. The Kier molecular flexibility index (Phi) is 7.20. The van der Waals surface area contributed by atoms with Crippen LogP contribution in [0.15, 0.2) is 0 Å². The van der Waals surface area contributed by atoms with Crippen molar-refractivity contribution in [3.8, 4) is 0 Å². The zero-order valence-electron chi connectivity index (χ0n) is 11.3. The maximum Gasteiger partial charge on any atom is 0.00270 e. The number of hydrogen-bond acceptors (Lipinski definition) is 2. The SMILES string of the molecule is CC(CCN)CCCN(C)CC(C)(C)C. The van der Waals surface area contributed by atoms with E-state index in [9.17, 15) is 0 Å². The van der Waals surface area contributed by atoms with E-state index in [1.165, 1.54) is 32.4 Å². The van der Waals surface area contributed by atoms with E-state index in [0.717, 1.165) is 12.5 Å². The van der Waals surface area contributed by atoms with E-state index in [0.29, 0.717) is 5.41 Å². The molecule has 0 spiro atoms. The van der Waals surface area contributed by atoms with E-state index in [-0.39, 0.29) is 0 Å². The summed E-state index contributed by atoms with van der Waals surface area (Å²) in [5, 5.41) is 0. The Hall–Kier alpha value is -0.0800. The first kappa shape index (κ1) is 14.9. The molecule has 0 saturated heterocycles. The smallest absolute Gasteiger partial charge is 0.00270 e. The molecule has 0 bridgehead atoms. The summed E-state index contributed by atoms with van der Waals surface area (Å²) in [7, 11) is 2.22. The van der Waals surface area contributed by atoms with Crippen molar-refractivity contribution in [3.05, 3.63) is 0 Å². The molecule has 0 amide bonds. The Morgan fingerprint density at radius 1 is 1.20 bits per heavy atom. The van der Waals surface area contributed by atoms with Gasteiger partial charge in [0.05, 0.1) is 0 Å². The van der Waals surface area contributed by atoms with Crippen molar-refractivity contribution in [2.75, 3.05) is 26.7 Å². The molecule has 0 radical (unpaired) electrons. The van der Waals surface area contributed by atoms with Gasteiger partial charge in [0.2, 0.25) is 0 Å². The molecule has 0 aromatic rings. The van der Waals surface area contributed by atoms with Gasteiger partial charge >= 0.3 is 0 Å². The second-order valence-electron chi connectivity index (χ2n) is 6.12. The van der Waals surface area contributed by atoms with Gasteiger partial charge in [0, 0.05) is 6.54 Å². The molecule has 0 rings (SSSR count). The third-order valence-electron chi connectivity index (χ3n) is 2.64. The summed E-state index contributed by atoms with van der Waals surface area (Å²) in [5.74, 6) is 0.790. The fraction of sp³-hybridized carbons (Fsp3) is 1.00. The van der Waals surface area contributed by atoms with Gasteiger partial charge in [-0.25, -0.2) is 0 Å². The van der Waals surface area contributed by atoms with Gasteiger partial charge in [-0.2, -0.15) is 0 Å². The molecule has 0 heterocycles. The number of rotatable bonds is 7. The first-order valence-electron chi connectivity index (χ1n) is 6.24. The van der Waals surface area contributed by atoms with Gasteiger partial charge in [-0.05, 0) is 50.7 Å². The molecule has 2 heteroatoms. The Bertz CT molecular complexity index is 149. The molecule has 15 heavy (non-hydrogen) atoms. The number of hydrogen-bond donors (Lipinski definition) is 1. The third-order valence-corrected chi connectivity index (χ3v) is 2.64. The summed E-state index contributed by atoms with van der Waals surface area (Å²) >= 11 is 0. The third kappa shape index (κ3) is 10.2. The van der Waals surface area contributed by atoms with Crippen LogP contribution >= 0.6 is 0 Å². The lowest BCUT2D eigenvalue weighted by molar-refractivity contribution is 0.220. The maximum absolute atomic E-state index is 5.53. The number of nitrogens with two attached hydrogens (primary N) is 1. The lowest BCUT2D eigenvalue weighted by Crippen LogP contribution is -2.30. The minimum absolute atomic E-state index is 0.414. The zero-order chi connectivity index (χ0) is 11.9. The molecule has 0 saturated carbocycles. The second kappa shape index (κ2) is 7.24. The van der Waals surface area contributed by atoms with Crippen LogP contribution in [-0.2, 0) is 0 Å². The van der Waals surface area contributed by atoms with Crippen molar-refractivity contribution in [3.63, 3.8) is 0 Å². The standard InChI is InChI=1S/C13H30N2/c1-12(8-9-14)7-6-10-15(5)11-13(2,3)4/h12H,6-11,14H2,1-5H3. The molecule has 0 aliphatic carbocycles. The van der Waals surface area contributed by atoms with Crippen LogP contribution in [0.2, 0.25) is 0 Å². The fourth-order valence-corrected chi connectivity index (χ4v) is 2.03. The van der Waals surface area contributed by atoms with Crippen LogP contribution in [0.25, 0.3) is 0 Å². The van der Waals surface area contributed by atoms with Crippen molar-refractivity contribution in [1.82, 2.24) is 4.90 Å². The second-order valence-corrected chi connectivity index (χ2v) is 6.12. The van der Waals surface area contributed by atoms with E-state index in [1.54, 1.807) is 0 Å². The van der Waals surface area contributed by atoms with Crippen LogP contribution in [0.3, 0.4) is 0 Å². The largest absolute Gasteiger partial charge is 0.330 e. The fourth-order valence-electron chi connectivity index (χ4n) is 2.03. The van der Waals surface area contributed by atoms with E-state index >= 15 is 0 Å². The molecule has 0 aromatic carbocycles. The Balaban J connectivity index is 3.50. The Morgan fingerprint density at radius 3 is 2.27 bits per heavy atom. The van der Waals surface area contributed by atoms with Crippen molar-refractivity contribution >= 4 is 0 Å². The van der Waals surface area contributed by atoms with E-state index in [1.807, 2.05) is 0 Å². The van der Waals surface area contributed by atoms with E-state index < -0.39 is 0 Å². The molecule has 1 atom stereocenters. The normalized spacial score (nSPS) is 14.6. The molecular weight excluding hydrogens is 184 g/mol. The lowest BCUT2D eigenvalue weighted by atomic mass is 9.96. The van der Waals surface area contributed by atoms with Crippen molar-refractivity contribution < 1.29 is 0 Å². The Morgan fingerprint density at radius 2 is 1.80 bits per heavy atom. The van der Waals surface area contributed by atoms with Crippen LogP contribution in [0.1, 0.15) is 47.0 Å². The lowest BCUT2D eigenvalue weighted by Gasteiger charge is -2.26. The molecule has 0 aliphatic heterocycles. The van der Waals surface area contributed by atoms with Crippen LogP contribution in [0, 0.1) is 11.3 Å². The molecule has 92 valence electrons. The first-order chi connectivity index (χ1) is 6.85. The van der Waals surface area contributed by atoms with Crippen LogP contribution < -0.4 is 5.73 Å². The Labute approximate surface area is 96.2 Å². The first-order valence-corrected chi connectivity index (χ1v) is 6.24. The highest BCUT2D eigenvalue weighted by molar-refractivity contribution is 4.66. The van der Waals surface area contributed by atoms with Gasteiger partial charge in [0.1, 0.15) is 0 Å². The summed E-state index contributed by atoms with van der Waals surface area (Å²) < 4.78 is 0. The van der Waals surface area contributed by atoms with Crippen LogP contribution in [0.4, 0.5) is 0 Å². The molecule has 0 fully saturated rings. The monoisotopic (exact) mass is 214 g/mol. The minimum atomic E-state index is 0.414. The van der Waals surface area contributed by atoms with Gasteiger partial charge in [-0.15, -0.1) is 0 Å². The van der Waals surface area contributed by atoms with E-state index in [2.05, 4.69) is 39.6 Å². The highest BCUT2D eigenvalue weighted by Crippen LogP contribution is 2.15. The quantitative estimate of drug-likeness (QED) is 0.706. The van der Waals surface area contributed by atoms with Gasteiger partial charge in [-0.3, -0.25) is 0 Å². The molecule has 0 aliphatic rings. The summed E-state index contributed by atoms with van der Waals surface area (Å²) in [6, 6.07) is 0. The van der Waals surface area contributed by atoms with Crippen molar-refractivity contribution in [2.45, 2.75) is 47.0 Å². The molecule has 1 unspecified atom stereocenters. The van der Waals surface area contributed by atoms with Crippen molar-refractivity contribution in [2.24, 2.45) is 17.1 Å². The van der Waals surface area contributed by atoms with Crippen molar-refractivity contribution in [1.29, 1.82) is 0 Å². The molecular formula is C13H30N2. The zero-order valence-corrected chi connectivity index (χ0v) is 11.3. The van der Waals surface area contributed by atoms with Gasteiger partial charge < -0.3 is 10.6 Å². The van der Waals surface area contributed by atoms with Crippen LogP contribution in [-0.4, -0.2) is 31.6 Å². The summed E-state index contributed by atoms with van der Waals surface area (Å²) in [4.78, 5) is 2.44. The average Bonchev–Trinajstić information content (AvgIpc) is 2.00. The van der Waals surface area contributed by atoms with Gasteiger partial charge in [-0.1, -0.05) is 27.7 Å². The van der Waals surface area contributed by atoms with Gasteiger partial charge in [0.15, 0.2) is 0 Å².